The van der Waals surface area contributed by atoms with Gasteiger partial charge in [0, 0.05) is 42.8 Å². The Morgan fingerprint density at radius 1 is 1.00 bits per heavy atom. The molecule has 0 saturated carbocycles. The van der Waals surface area contributed by atoms with Crippen LogP contribution in [0, 0.1) is 0 Å². The molecule has 28 heavy (non-hydrogen) atoms. The number of hydrogen-bond acceptors (Lipinski definition) is 2. The molecule has 2 unspecified atom stereocenters. The number of rotatable bonds is 4. The van der Waals surface area contributed by atoms with Crippen molar-refractivity contribution in [1.82, 2.24) is 9.80 Å². The number of amides is 1. The summed E-state index contributed by atoms with van der Waals surface area (Å²) in [6.07, 6.45) is 3.39. The van der Waals surface area contributed by atoms with Crippen molar-refractivity contribution in [2.24, 2.45) is 0 Å². The number of piperazine rings is 1. The van der Waals surface area contributed by atoms with Gasteiger partial charge in [0.15, 0.2) is 0 Å². The van der Waals surface area contributed by atoms with Crippen LogP contribution in [0.3, 0.4) is 0 Å². The summed E-state index contributed by atoms with van der Waals surface area (Å²) in [6.45, 7) is 6.62. The summed E-state index contributed by atoms with van der Waals surface area (Å²) in [6, 6.07) is 13.7. The number of benzene rings is 2. The van der Waals surface area contributed by atoms with Crippen LogP contribution < -0.4 is 0 Å². The first-order valence-corrected chi connectivity index (χ1v) is 10.4. The largest absolute Gasteiger partial charge is 0.334 e. The molecule has 0 N–H and O–H groups in total. The van der Waals surface area contributed by atoms with E-state index in [4.69, 9.17) is 34.8 Å². The molecule has 2 aromatic rings. The van der Waals surface area contributed by atoms with E-state index in [1.165, 1.54) is 5.56 Å². The topological polar surface area (TPSA) is 23.6 Å². The van der Waals surface area contributed by atoms with Gasteiger partial charge in [-0.15, -0.1) is 0 Å². The van der Waals surface area contributed by atoms with Gasteiger partial charge in [-0.3, -0.25) is 9.69 Å². The van der Waals surface area contributed by atoms with E-state index in [9.17, 15) is 4.79 Å². The molecule has 1 amide bonds. The van der Waals surface area contributed by atoms with Crippen LogP contribution in [-0.2, 0) is 11.3 Å². The highest BCUT2D eigenvalue weighted by Gasteiger charge is 2.30. The summed E-state index contributed by atoms with van der Waals surface area (Å²) in [7, 11) is 0. The zero-order valence-electron chi connectivity index (χ0n) is 15.9. The van der Waals surface area contributed by atoms with E-state index in [0.717, 1.165) is 23.7 Å². The summed E-state index contributed by atoms with van der Waals surface area (Å²) in [5.41, 5.74) is 2.08. The average molecular weight is 438 g/mol. The highest BCUT2D eigenvalue weighted by Crippen LogP contribution is 2.24. The third-order valence-corrected chi connectivity index (χ3v) is 6.05. The van der Waals surface area contributed by atoms with Crippen molar-refractivity contribution in [3.05, 3.63) is 74.7 Å². The first kappa shape index (κ1) is 21.2. The molecule has 1 fully saturated rings. The molecule has 3 rings (SSSR count). The van der Waals surface area contributed by atoms with E-state index in [1.807, 2.05) is 23.1 Å². The zero-order chi connectivity index (χ0) is 20.3. The maximum Gasteiger partial charge on any atom is 0.246 e. The Morgan fingerprint density at radius 3 is 2.39 bits per heavy atom. The number of halogens is 3. The Bertz CT molecular complexity index is 867. The van der Waals surface area contributed by atoms with Crippen LogP contribution in [0.15, 0.2) is 48.5 Å². The summed E-state index contributed by atoms with van der Waals surface area (Å²) in [4.78, 5) is 17.1. The maximum absolute atomic E-state index is 12.7. The second kappa shape index (κ2) is 9.32. The van der Waals surface area contributed by atoms with Gasteiger partial charge in [-0.05, 0) is 55.3 Å². The van der Waals surface area contributed by atoms with Crippen LogP contribution in [0.1, 0.15) is 25.0 Å². The third kappa shape index (κ3) is 5.30. The highest BCUT2D eigenvalue weighted by molar-refractivity contribution is 6.42. The second-order valence-corrected chi connectivity index (χ2v) is 8.50. The lowest BCUT2D eigenvalue weighted by atomic mass is 10.1. The quantitative estimate of drug-likeness (QED) is 0.566. The van der Waals surface area contributed by atoms with Crippen LogP contribution in [0.25, 0.3) is 6.08 Å². The van der Waals surface area contributed by atoms with Gasteiger partial charge >= 0.3 is 0 Å². The Kier molecular flexibility index (Phi) is 7.05. The minimum Gasteiger partial charge on any atom is -0.334 e. The molecular formula is C22H23Cl3N2O. The Balaban J connectivity index is 1.62. The minimum absolute atomic E-state index is 0.0107. The monoisotopic (exact) mass is 436 g/mol. The van der Waals surface area contributed by atoms with E-state index in [-0.39, 0.29) is 18.0 Å². The van der Waals surface area contributed by atoms with Crippen molar-refractivity contribution in [3.63, 3.8) is 0 Å². The smallest absolute Gasteiger partial charge is 0.246 e. The minimum atomic E-state index is 0.0107. The van der Waals surface area contributed by atoms with Gasteiger partial charge in [0.2, 0.25) is 5.91 Å². The van der Waals surface area contributed by atoms with Gasteiger partial charge < -0.3 is 4.90 Å². The third-order valence-electron chi connectivity index (χ3n) is 5.06. The predicted molar refractivity (Wildman–Crippen MR) is 118 cm³/mol. The van der Waals surface area contributed by atoms with E-state index in [1.54, 1.807) is 24.3 Å². The van der Waals surface area contributed by atoms with Crippen molar-refractivity contribution in [3.8, 4) is 0 Å². The molecule has 2 atom stereocenters. The fourth-order valence-corrected chi connectivity index (χ4v) is 3.86. The van der Waals surface area contributed by atoms with E-state index >= 15 is 0 Å². The first-order chi connectivity index (χ1) is 13.3. The molecule has 1 aliphatic heterocycles. The van der Waals surface area contributed by atoms with Crippen molar-refractivity contribution in [1.29, 1.82) is 0 Å². The van der Waals surface area contributed by atoms with Gasteiger partial charge in [0.05, 0.1) is 10.0 Å². The zero-order valence-corrected chi connectivity index (χ0v) is 18.2. The molecule has 2 aromatic carbocycles. The van der Waals surface area contributed by atoms with Crippen LogP contribution >= 0.6 is 34.8 Å². The highest BCUT2D eigenvalue weighted by atomic mass is 35.5. The van der Waals surface area contributed by atoms with E-state index < -0.39 is 0 Å². The van der Waals surface area contributed by atoms with Crippen molar-refractivity contribution in [2.45, 2.75) is 32.5 Å². The molecule has 0 aromatic heterocycles. The first-order valence-electron chi connectivity index (χ1n) is 9.25. The molecule has 0 aliphatic carbocycles. The van der Waals surface area contributed by atoms with Crippen LogP contribution in [0.5, 0.6) is 0 Å². The summed E-state index contributed by atoms with van der Waals surface area (Å²) >= 11 is 17.9. The van der Waals surface area contributed by atoms with Crippen LogP contribution in [-0.4, -0.2) is 40.9 Å². The lowest BCUT2D eigenvalue weighted by molar-refractivity contribution is -0.131. The summed E-state index contributed by atoms with van der Waals surface area (Å²) in [5.74, 6) is 0.0107. The van der Waals surface area contributed by atoms with Crippen molar-refractivity contribution < 1.29 is 4.79 Å². The Morgan fingerprint density at radius 2 is 1.71 bits per heavy atom. The molecular weight excluding hydrogens is 415 g/mol. The molecule has 1 aliphatic rings. The molecule has 0 radical (unpaired) electrons. The van der Waals surface area contributed by atoms with Crippen LogP contribution in [0.4, 0.5) is 0 Å². The molecule has 0 spiro atoms. The molecule has 1 saturated heterocycles. The van der Waals surface area contributed by atoms with Gasteiger partial charge in [0.25, 0.3) is 0 Å². The van der Waals surface area contributed by atoms with Crippen LogP contribution in [0.2, 0.25) is 15.1 Å². The standard InChI is InChI=1S/C22H23Cl3N2O/c1-15-13-27(22(28)10-6-17-5-9-20(24)21(25)11-17)16(2)12-26(15)14-18-3-7-19(23)8-4-18/h3-11,15-16H,12-14H2,1-2H3/b10-6+. The average Bonchev–Trinajstić information content (AvgIpc) is 2.67. The summed E-state index contributed by atoms with van der Waals surface area (Å²) in [5, 5.41) is 1.73. The molecule has 6 heteroatoms. The molecule has 1 heterocycles. The fraction of sp³-hybridized carbons (Fsp3) is 0.318. The number of nitrogens with zero attached hydrogens (tertiary/aromatic N) is 2. The summed E-state index contributed by atoms with van der Waals surface area (Å²) < 4.78 is 0. The van der Waals surface area contributed by atoms with Gasteiger partial charge in [-0.2, -0.15) is 0 Å². The molecule has 0 bridgehead atoms. The maximum atomic E-state index is 12.7. The number of hydrogen-bond donors (Lipinski definition) is 0. The molecule has 3 nitrogen and oxygen atoms in total. The lowest BCUT2D eigenvalue weighted by Crippen LogP contribution is -2.57. The fourth-order valence-electron chi connectivity index (χ4n) is 3.43. The van der Waals surface area contributed by atoms with Gasteiger partial charge in [-0.25, -0.2) is 0 Å². The van der Waals surface area contributed by atoms with E-state index in [0.29, 0.717) is 16.6 Å². The van der Waals surface area contributed by atoms with Crippen molar-refractivity contribution in [2.75, 3.05) is 13.1 Å². The van der Waals surface area contributed by atoms with Gasteiger partial charge in [0.1, 0.15) is 0 Å². The number of carbonyl (C=O) groups is 1. The van der Waals surface area contributed by atoms with Crippen molar-refractivity contribution >= 4 is 46.8 Å². The lowest BCUT2D eigenvalue weighted by Gasteiger charge is -2.44. The van der Waals surface area contributed by atoms with Gasteiger partial charge in [-0.1, -0.05) is 53.0 Å². The SMILES string of the molecule is CC1CN(C(=O)/C=C/c2ccc(Cl)c(Cl)c2)C(C)CN1Cc1ccc(Cl)cc1. The second-order valence-electron chi connectivity index (χ2n) is 7.25. The predicted octanol–water partition coefficient (Wildman–Crippen LogP) is 5.78. The molecule has 148 valence electrons. The Hall–Kier alpha value is -1.52. The number of carbonyl (C=O) groups excluding carboxylic acids is 1. The normalized spacial score (nSPS) is 20.7. The Labute approximate surface area is 181 Å². The van der Waals surface area contributed by atoms with E-state index in [2.05, 4.69) is 30.9 Å².